The molecule has 0 heterocycles. The Labute approximate surface area is 280 Å². The molecule has 2 aliphatic rings. The van der Waals surface area contributed by atoms with Crippen LogP contribution in [0.4, 0.5) is 0 Å². The molecule has 0 N–H and O–H groups in total. The summed E-state index contributed by atoms with van der Waals surface area (Å²) in [7, 11) is 0. The van der Waals surface area contributed by atoms with Gasteiger partial charge in [-0.25, -0.2) is 9.59 Å². The summed E-state index contributed by atoms with van der Waals surface area (Å²) in [6.07, 6.45) is 0.291. The van der Waals surface area contributed by atoms with Gasteiger partial charge in [0.15, 0.2) is 11.2 Å². The molecule has 6 aromatic carbocycles. The molecule has 4 nitrogen and oxygen atoms in total. The third-order valence-electron chi connectivity index (χ3n) is 10.1. The molecule has 234 valence electrons. The Kier molecular flexibility index (Phi) is 6.58. The molecule has 0 amide bonds. The first-order chi connectivity index (χ1) is 23.1. The van der Waals surface area contributed by atoms with E-state index in [1.807, 2.05) is 80.6 Å². The van der Waals surface area contributed by atoms with E-state index in [1.54, 1.807) is 6.92 Å². The van der Waals surface area contributed by atoms with Gasteiger partial charge in [0.2, 0.25) is 0 Å². The number of carbonyl (C=O) groups excluding carboxylic acids is 2. The highest BCUT2D eigenvalue weighted by Crippen LogP contribution is 2.54. The van der Waals surface area contributed by atoms with E-state index in [0.29, 0.717) is 17.6 Å². The lowest BCUT2D eigenvalue weighted by molar-refractivity contribution is -0.151. The van der Waals surface area contributed by atoms with Crippen molar-refractivity contribution in [2.45, 2.75) is 38.4 Å². The summed E-state index contributed by atoms with van der Waals surface area (Å²) in [5, 5.41) is 4.15. The molecule has 4 heteroatoms. The first kappa shape index (κ1) is 29.6. The van der Waals surface area contributed by atoms with Crippen molar-refractivity contribution >= 4 is 33.5 Å². The Balaban J connectivity index is 1.18. The van der Waals surface area contributed by atoms with E-state index in [-0.39, 0.29) is 0 Å². The van der Waals surface area contributed by atoms with Crippen LogP contribution < -0.4 is 0 Å². The normalized spacial score (nSPS) is 18.5. The van der Waals surface area contributed by atoms with E-state index in [0.717, 1.165) is 71.6 Å². The number of hydrogen-bond donors (Lipinski definition) is 0. The van der Waals surface area contributed by atoms with Crippen LogP contribution in [0.2, 0.25) is 0 Å². The van der Waals surface area contributed by atoms with E-state index < -0.39 is 23.1 Å². The first-order valence-electron chi connectivity index (χ1n) is 16.2. The zero-order valence-electron chi connectivity index (χ0n) is 27.2. The van der Waals surface area contributed by atoms with Crippen LogP contribution in [0.25, 0.3) is 43.8 Å². The molecule has 48 heavy (non-hydrogen) atoms. The molecule has 8 rings (SSSR count). The number of fused-ring (bicyclic) bond motifs is 9. The number of ether oxygens (including phenoxy) is 2. The van der Waals surface area contributed by atoms with Crippen molar-refractivity contribution in [3.63, 3.8) is 0 Å². The van der Waals surface area contributed by atoms with Crippen molar-refractivity contribution in [2.75, 3.05) is 0 Å². The molecule has 0 spiro atoms. The van der Waals surface area contributed by atoms with Gasteiger partial charge in [-0.1, -0.05) is 110 Å². The van der Waals surface area contributed by atoms with Crippen molar-refractivity contribution < 1.29 is 19.1 Å². The van der Waals surface area contributed by atoms with Crippen LogP contribution in [0.1, 0.15) is 48.6 Å². The summed E-state index contributed by atoms with van der Waals surface area (Å²) >= 11 is 0. The third-order valence-corrected chi connectivity index (χ3v) is 10.1. The van der Waals surface area contributed by atoms with Crippen molar-refractivity contribution in [3.05, 3.63) is 167 Å². The number of carbonyl (C=O) groups is 2. The molecule has 2 atom stereocenters. The van der Waals surface area contributed by atoms with Gasteiger partial charge in [0, 0.05) is 39.8 Å². The highest BCUT2D eigenvalue weighted by atomic mass is 16.6. The van der Waals surface area contributed by atoms with Crippen molar-refractivity contribution in [3.8, 4) is 22.3 Å². The minimum atomic E-state index is -1.02. The lowest BCUT2D eigenvalue weighted by atomic mass is 9.86. The van der Waals surface area contributed by atoms with Gasteiger partial charge < -0.3 is 9.47 Å². The summed E-state index contributed by atoms with van der Waals surface area (Å²) < 4.78 is 12.7. The molecule has 0 saturated heterocycles. The second kappa shape index (κ2) is 10.6. The van der Waals surface area contributed by atoms with Crippen LogP contribution in [0.5, 0.6) is 0 Å². The van der Waals surface area contributed by atoms with Gasteiger partial charge in [0.05, 0.1) is 0 Å². The summed E-state index contributed by atoms with van der Waals surface area (Å²) in [4.78, 5) is 27.0. The maximum Gasteiger partial charge on any atom is 0.334 e. The number of esters is 2. The molecule has 6 aromatic rings. The molecular weight excluding hydrogens is 592 g/mol. The fourth-order valence-electron chi connectivity index (χ4n) is 7.78. The smallest absolute Gasteiger partial charge is 0.334 e. The minimum absolute atomic E-state index is 0.291. The molecule has 0 bridgehead atoms. The summed E-state index contributed by atoms with van der Waals surface area (Å²) in [5.74, 6) is -0.889. The Hall–Kier alpha value is -5.74. The van der Waals surface area contributed by atoms with Crippen LogP contribution >= 0.6 is 0 Å². The van der Waals surface area contributed by atoms with Crippen LogP contribution in [0, 0.1) is 0 Å². The van der Waals surface area contributed by atoms with E-state index in [1.165, 1.54) is 0 Å². The van der Waals surface area contributed by atoms with Crippen LogP contribution in [0.3, 0.4) is 0 Å². The maximum absolute atomic E-state index is 14.1. The number of benzene rings is 6. The molecule has 0 saturated carbocycles. The molecule has 2 unspecified atom stereocenters. The average molecular weight is 627 g/mol. The lowest BCUT2D eigenvalue weighted by Gasteiger charge is -2.29. The van der Waals surface area contributed by atoms with Crippen molar-refractivity contribution in [1.82, 2.24) is 0 Å². The maximum atomic E-state index is 14.1. The summed E-state index contributed by atoms with van der Waals surface area (Å²) in [6, 6.07) is 38.9. The van der Waals surface area contributed by atoms with Crippen LogP contribution in [0.15, 0.2) is 140 Å². The number of hydrogen-bond acceptors (Lipinski definition) is 4. The quantitative estimate of drug-likeness (QED) is 0.136. The van der Waals surface area contributed by atoms with E-state index in [2.05, 4.69) is 61.7 Å². The molecule has 0 aliphatic heterocycles. The highest BCUT2D eigenvalue weighted by Gasteiger charge is 2.45. The molecule has 2 aliphatic carbocycles. The van der Waals surface area contributed by atoms with Gasteiger partial charge in [0.1, 0.15) is 0 Å². The second-order valence-electron chi connectivity index (χ2n) is 13.2. The third kappa shape index (κ3) is 4.29. The van der Waals surface area contributed by atoms with E-state index in [9.17, 15) is 9.59 Å². The zero-order valence-corrected chi connectivity index (χ0v) is 27.2. The van der Waals surface area contributed by atoms with E-state index >= 15 is 0 Å². The molecule has 0 radical (unpaired) electrons. The van der Waals surface area contributed by atoms with Gasteiger partial charge in [-0.3, -0.25) is 0 Å². The monoisotopic (exact) mass is 626 g/mol. The van der Waals surface area contributed by atoms with Gasteiger partial charge >= 0.3 is 11.9 Å². The summed E-state index contributed by atoms with van der Waals surface area (Å²) in [6.45, 7) is 13.7. The van der Waals surface area contributed by atoms with Gasteiger partial charge in [-0.15, -0.1) is 0 Å². The second-order valence-corrected chi connectivity index (χ2v) is 13.2. The SMILES string of the molecule is C=C(C)C(=O)OC1(C)c2ccccc2-c2cc(CC(=C)C(=O)OC3(C)c4ccccc4-c4cc5ccccc5cc43)c3ccccc3c21. The largest absolute Gasteiger partial charge is 0.446 e. The zero-order chi connectivity index (χ0) is 33.4. The Morgan fingerprint density at radius 3 is 1.81 bits per heavy atom. The Bertz CT molecular complexity index is 2400. The minimum Gasteiger partial charge on any atom is -0.446 e. The average Bonchev–Trinajstić information content (AvgIpc) is 3.48. The lowest BCUT2D eigenvalue weighted by Crippen LogP contribution is -2.29. The standard InChI is InChI=1S/C44H34O4/c1-26(2)41(45)47-44(5)38-21-13-11-18-33(38)36-24-30(31-16-8-9-19-34(31)40(36)44)22-27(3)42(46)48-43(4)37-20-12-10-17-32(37)35-23-28-14-6-7-15-29(28)25-39(35)43/h6-21,23-25H,1,3,22H2,2,4-5H3. The topological polar surface area (TPSA) is 52.6 Å². The first-order valence-corrected chi connectivity index (χ1v) is 16.2. The van der Waals surface area contributed by atoms with Crippen molar-refractivity contribution in [2.24, 2.45) is 0 Å². The van der Waals surface area contributed by atoms with Crippen molar-refractivity contribution in [1.29, 1.82) is 0 Å². The Morgan fingerprint density at radius 1 is 0.583 bits per heavy atom. The summed E-state index contributed by atoms with van der Waals surface area (Å²) in [5.41, 5.74) is 7.50. The predicted molar refractivity (Wildman–Crippen MR) is 192 cm³/mol. The van der Waals surface area contributed by atoms with Gasteiger partial charge in [-0.2, -0.15) is 0 Å². The fraction of sp³-hybridized carbons (Fsp3) is 0.136. The Morgan fingerprint density at radius 2 is 1.12 bits per heavy atom. The highest BCUT2D eigenvalue weighted by molar-refractivity contribution is 6.01. The van der Waals surface area contributed by atoms with Crippen LogP contribution in [-0.2, 0) is 36.7 Å². The molecule has 0 aromatic heterocycles. The van der Waals surface area contributed by atoms with Crippen LogP contribution in [-0.4, -0.2) is 11.9 Å². The molecular formula is C44H34O4. The van der Waals surface area contributed by atoms with Gasteiger partial charge in [0.25, 0.3) is 0 Å². The fourth-order valence-corrected chi connectivity index (χ4v) is 7.78. The number of rotatable bonds is 6. The van der Waals surface area contributed by atoms with E-state index in [4.69, 9.17) is 9.47 Å². The predicted octanol–water partition coefficient (Wildman–Crippen LogP) is 9.94. The molecule has 0 fully saturated rings. The van der Waals surface area contributed by atoms with Gasteiger partial charge in [-0.05, 0) is 88.3 Å².